The van der Waals surface area contributed by atoms with Gasteiger partial charge in [-0.05, 0) is 20.8 Å². The van der Waals surface area contributed by atoms with E-state index in [1.54, 1.807) is 4.90 Å². The lowest BCUT2D eigenvalue weighted by Crippen LogP contribution is -2.60. The minimum Gasteiger partial charge on any atom is -0.444 e. The fraction of sp³-hybridized carbons (Fsp3) is 0.917. The van der Waals surface area contributed by atoms with Gasteiger partial charge >= 0.3 is 6.09 Å². The summed E-state index contributed by atoms with van der Waals surface area (Å²) in [5.41, 5.74) is -0.487. The van der Waals surface area contributed by atoms with Crippen molar-refractivity contribution < 1.29 is 14.6 Å². The largest absolute Gasteiger partial charge is 0.444 e. The van der Waals surface area contributed by atoms with Gasteiger partial charge in [-0.15, -0.1) is 11.8 Å². The highest BCUT2D eigenvalue weighted by Gasteiger charge is 2.39. The van der Waals surface area contributed by atoms with Crippen LogP contribution in [0.5, 0.6) is 0 Å². The average molecular weight is 274 g/mol. The molecule has 0 aromatic carbocycles. The van der Waals surface area contributed by atoms with Gasteiger partial charge in [0, 0.05) is 30.8 Å². The number of nitrogens with zero attached hydrogens (tertiary/aromatic N) is 2. The molecule has 6 heteroatoms. The number of aliphatic hydroxyl groups is 1. The first-order valence-corrected chi connectivity index (χ1v) is 7.48. The Hall–Kier alpha value is -0.460. The molecule has 0 saturated carbocycles. The number of thioether (sulfide) groups is 1. The molecule has 2 atom stereocenters. The van der Waals surface area contributed by atoms with Crippen LogP contribution in [0.3, 0.4) is 0 Å². The number of ether oxygens (including phenoxy) is 1. The first-order valence-electron chi connectivity index (χ1n) is 6.33. The molecule has 5 nitrogen and oxygen atoms in total. The predicted molar refractivity (Wildman–Crippen MR) is 71.6 cm³/mol. The van der Waals surface area contributed by atoms with Gasteiger partial charge in [-0.1, -0.05) is 0 Å². The number of hydrogen-bond donors (Lipinski definition) is 1. The Morgan fingerprint density at radius 3 is 2.78 bits per heavy atom. The fourth-order valence-electron chi connectivity index (χ4n) is 2.33. The second-order valence-corrected chi connectivity index (χ2v) is 6.89. The van der Waals surface area contributed by atoms with Crippen LogP contribution in [0.1, 0.15) is 20.8 Å². The lowest BCUT2D eigenvalue weighted by Gasteiger charge is -2.42. The van der Waals surface area contributed by atoms with E-state index >= 15 is 0 Å². The number of amides is 1. The molecule has 0 aliphatic carbocycles. The molecular formula is C12H22N2O3S. The Bertz CT molecular complexity index is 319. The molecule has 0 aromatic rings. The Morgan fingerprint density at radius 2 is 2.17 bits per heavy atom. The first-order chi connectivity index (χ1) is 8.40. The van der Waals surface area contributed by atoms with E-state index in [4.69, 9.17) is 4.74 Å². The minimum absolute atomic E-state index is 0.00682. The summed E-state index contributed by atoms with van der Waals surface area (Å²) in [5.74, 6) is 2.06. The Kier molecular flexibility index (Phi) is 4.08. The van der Waals surface area contributed by atoms with Gasteiger partial charge in [0.25, 0.3) is 0 Å². The molecule has 2 rings (SSSR count). The summed E-state index contributed by atoms with van der Waals surface area (Å²) in [6, 6.07) is 0.264. The molecule has 2 aliphatic heterocycles. The highest BCUT2D eigenvalue weighted by molar-refractivity contribution is 7.99. The molecule has 18 heavy (non-hydrogen) atoms. The SMILES string of the molecule is CC(C)(C)OC(=O)N1C[C@@H]2CSCN2C[C@@H]1CO. The predicted octanol–water partition coefficient (Wildman–Crippen LogP) is 0.973. The van der Waals surface area contributed by atoms with Crippen LogP contribution in [0.4, 0.5) is 4.79 Å². The van der Waals surface area contributed by atoms with E-state index in [1.807, 2.05) is 32.5 Å². The number of aliphatic hydroxyl groups excluding tert-OH is 1. The molecule has 1 N–H and O–H groups in total. The van der Waals surface area contributed by atoms with Gasteiger partial charge in [0.1, 0.15) is 5.60 Å². The van der Waals surface area contributed by atoms with Crippen LogP contribution in [0.25, 0.3) is 0 Å². The number of carbonyl (C=O) groups is 1. The number of piperazine rings is 1. The van der Waals surface area contributed by atoms with E-state index in [9.17, 15) is 9.90 Å². The molecule has 1 amide bonds. The van der Waals surface area contributed by atoms with Crippen molar-refractivity contribution in [3.05, 3.63) is 0 Å². The van der Waals surface area contributed by atoms with Crippen molar-refractivity contribution in [1.82, 2.24) is 9.80 Å². The number of fused-ring (bicyclic) bond motifs is 1. The highest BCUT2D eigenvalue weighted by Crippen LogP contribution is 2.27. The zero-order chi connectivity index (χ0) is 13.3. The molecular weight excluding hydrogens is 252 g/mol. The van der Waals surface area contributed by atoms with Crippen molar-refractivity contribution in [1.29, 1.82) is 0 Å². The van der Waals surface area contributed by atoms with E-state index in [-0.39, 0.29) is 18.7 Å². The molecule has 0 aromatic heterocycles. The van der Waals surface area contributed by atoms with Crippen LogP contribution in [0.15, 0.2) is 0 Å². The van der Waals surface area contributed by atoms with Crippen molar-refractivity contribution >= 4 is 17.9 Å². The Balaban J connectivity index is 2.03. The third kappa shape index (κ3) is 3.10. The fourth-order valence-corrected chi connectivity index (χ4v) is 3.58. The molecule has 104 valence electrons. The van der Waals surface area contributed by atoms with E-state index in [0.717, 1.165) is 18.2 Å². The van der Waals surface area contributed by atoms with Crippen LogP contribution < -0.4 is 0 Å². The van der Waals surface area contributed by atoms with Gasteiger partial charge in [0.2, 0.25) is 0 Å². The second-order valence-electron chi connectivity index (χ2n) is 5.89. The standard InChI is InChI=1S/C12H22N2O3S/c1-12(2,3)17-11(16)14-5-10-7-18-8-13(10)4-9(14)6-15/h9-10,15H,4-8H2,1-3H3/t9-,10-/m1/s1. The van der Waals surface area contributed by atoms with Crippen molar-refractivity contribution in [3.8, 4) is 0 Å². The third-order valence-electron chi connectivity index (χ3n) is 3.22. The maximum atomic E-state index is 12.1. The normalized spacial score (nSPS) is 29.2. The van der Waals surface area contributed by atoms with Gasteiger partial charge in [0.05, 0.1) is 12.6 Å². The maximum Gasteiger partial charge on any atom is 0.410 e. The van der Waals surface area contributed by atoms with Crippen molar-refractivity contribution in [2.24, 2.45) is 0 Å². The monoisotopic (exact) mass is 274 g/mol. The smallest absolute Gasteiger partial charge is 0.410 e. The van der Waals surface area contributed by atoms with E-state index in [0.29, 0.717) is 12.6 Å². The van der Waals surface area contributed by atoms with Gasteiger partial charge in [0.15, 0.2) is 0 Å². The summed E-state index contributed by atoms with van der Waals surface area (Å²) in [7, 11) is 0. The average Bonchev–Trinajstić information content (AvgIpc) is 2.71. The summed E-state index contributed by atoms with van der Waals surface area (Å²) in [6.07, 6.45) is -0.307. The minimum atomic E-state index is -0.487. The van der Waals surface area contributed by atoms with Crippen LogP contribution in [0.2, 0.25) is 0 Å². The summed E-state index contributed by atoms with van der Waals surface area (Å²) < 4.78 is 5.41. The zero-order valence-corrected chi connectivity index (χ0v) is 12.1. The summed E-state index contributed by atoms with van der Waals surface area (Å²) >= 11 is 1.88. The molecule has 0 unspecified atom stereocenters. The molecule has 0 bridgehead atoms. The van der Waals surface area contributed by atoms with E-state index in [1.165, 1.54) is 0 Å². The molecule has 2 aliphatic rings. The van der Waals surface area contributed by atoms with Gasteiger partial charge < -0.3 is 14.7 Å². The Labute approximate surface area is 112 Å². The summed E-state index contributed by atoms with van der Waals surface area (Å²) in [5, 5.41) is 9.45. The van der Waals surface area contributed by atoms with E-state index < -0.39 is 5.60 Å². The van der Waals surface area contributed by atoms with Crippen LogP contribution >= 0.6 is 11.8 Å². The number of rotatable bonds is 1. The zero-order valence-electron chi connectivity index (χ0n) is 11.3. The quantitative estimate of drug-likeness (QED) is 0.772. The van der Waals surface area contributed by atoms with Crippen molar-refractivity contribution in [2.45, 2.75) is 38.5 Å². The van der Waals surface area contributed by atoms with Gasteiger partial charge in [-0.2, -0.15) is 0 Å². The third-order valence-corrected chi connectivity index (χ3v) is 4.35. The van der Waals surface area contributed by atoms with Crippen LogP contribution in [-0.4, -0.2) is 70.0 Å². The first kappa shape index (κ1) is 14.0. The maximum absolute atomic E-state index is 12.1. The van der Waals surface area contributed by atoms with E-state index in [2.05, 4.69) is 4.90 Å². The second kappa shape index (κ2) is 5.27. The van der Waals surface area contributed by atoms with Gasteiger partial charge in [-0.25, -0.2) is 4.79 Å². The number of hydrogen-bond acceptors (Lipinski definition) is 5. The highest BCUT2D eigenvalue weighted by atomic mass is 32.2. The summed E-state index contributed by atoms with van der Waals surface area (Å²) in [4.78, 5) is 16.2. The lowest BCUT2D eigenvalue weighted by atomic mass is 10.1. The topological polar surface area (TPSA) is 53.0 Å². The molecule has 2 heterocycles. The molecule has 0 spiro atoms. The number of carbonyl (C=O) groups excluding carboxylic acids is 1. The van der Waals surface area contributed by atoms with Crippen LogP contribution in [-0.2, 0) is 4.74 Å². The molecule has 2 saturated heterocycles. The lowest BCUT2D eigenvalue weighted by molar-refractivity contribution is -0.0179. The van der Waals surface area contributed by atoms with Crippen LogP contribution in [0, 0.1) is 0 Å². The van der Waals surface area contributed by atoms with Crippen molar-refractivity contribution in [3.63, 3.8) is 0 Å². The molecule has 0 radical (unpaired) electrons. The summed E-state index contributed by atoms with van der Waals surface area (Å²) in [6.45, 7) is 6.98. The van der Waals surface area contributed by atoms with Gasteiger partial charge in [-0.3, -0.25) is 4.90 Å². The van der Waals surface area contributed by atoms with Crippen molar-refractivity contribution in [2.75, 3.05) is 31.3 Å². The molecule has 2 fully saturated rings. The Morgan fingerprint density at radius 1 is 1.44 bits per heavy atom.